The normalized spacial score (nSPS) is 15.2. The number of carbonyl (C=O) groups excluding carboxylic acids is 1. The Labute approximate surface area is 198 Å². The first kappa shape index (κ1) is 24.0. The van der Waals surface area contributed by atoms with Gasteiger partial charge in [-0.15, -0.1) is 0 Å². The minimum atomic E-state index is -0.623. The SMILES string of the molecule is CCCCCCOc1ccc(C2c3c(oc4ccc(F)cc4c3=O)C(=O)N2CCCOC)cc1. The van der Waals surface area contributed by atoms with Crippen LogP contribution in [0.2, 0.25) is 0 Å². The van der Waals surface area contributed by atoms with Gasteiger partial charge in [0.05, 0.1) is 23.6 Å². The first-order valence-corrected chi connectivity index (χ1v) is 11.8. The predicted molar refractivity (Wildman–Crippen MR) is 128 cm³/mol. The fourth-order valence-corrected chi connectivity index (χ4v) is 4.41. The van der Waals surface area contributed by atoms with Gasteiger partial charge in [-0.25, -0.2) is 4.39 Å². The highest BCUT2D eigenvalue weighted by molar-refractivity contribution is 5.99. The van der Waals surface area contributed by atoms with E-state index in [1.54, 1.807) is 12.0 Å². The molecule has 0 N–H and O–H groups in total. The summed E-state index contributed by atoms with van der Waals surface area (Å²) in [6, 6.07) is 10.6. The third-order valence-corrected chi connectivity index (χ3v) is 6.14. The molecule has 0 saturated heterocycles. The summed E-state index contributed by atoms with van der Waals surface area (Å²) in [7, 11) is 1.60. The van der Waals surface area contributed by atoms with Gasteiger partial charge in [-0.1, -0.05) is 38.3 Å². The molecule has 1 aromatic heterocycles. The number of unbranched alkanes of at least 4 members (excludes halogenated alkanes) is 3. The number of ether oxygens (including phenoxy) is 2. The lowest BCUT2D eigenvalue weighted by molar-refractivity contribution is 0.0708. The number of rotatable bonds is 11. The summed E-state index contributed by atoms with van der Waals surface area (Å²) < 4.78 is 30.7. The molecular weight excluding hydrogens is 437 g/mol. The molecule has 0 radical (unpaired) electrons. The second-order valence-electron chi connectivity index (χ2n) is 8.54. The number of hydrogen-bond acceptors (Lipinski definition) is 5. The number of halogens is 1. The Balaban J connectivity index is 1.68. The molecule has 7 heteroatoms. The molecule has 0 spiro atoms. The zero-order valence-corrected chi connectivity index (χ0v) is 19.6. The van der Waals surface area contributed by atoms with Crippen molar-refractivity contribution in [2.24, 2.45) is 0 Å². The van der Waals surface area contributed by atoms with E-state index in [9.17, 15) is 14.0 Å². The smallest absolute Gasteiger partial charge is 0.290 e. The van der Waals surface area contributed by atoms with Crippen LogP contribution >= 0.6 is 0 Å². The largest absolute Gasteiger partial charge is 0.494 e. The first-order chi connectivity index (χ1) is 16.5. The Morgan fingerprint density at radius 2 is 1.79 bits per heavy atom. The van der Waals surface area contributed by atoms with Gasteiger partial charge in [0.1, 0.15) is 17.1 Å². The zero-order chi connectivity index (χ0) is 24.1. The van der Waals surface area contributed by atoms with E-state index < -0.39 is 11.9 Å². The number of amides is 1. The third kappa shape index (κ3) is 4.85. The van der Waals surface area contributed by atoms with Crippen LogP contribution in [0.5, 0.6) is 5.75 Å². The van der Waals surface area contributed by atoms with Gasteiger partial charge in [-0.2, -0.15) is 0 Å². The molecule has 3 aromatic rings. The molecule has 0 fully saturated rings. The number of hydrogen-bond donors (Lipinski definition) is 0. The van der Waals surface area contributed by atoms with Crippen molar-refractivity contribution in [2.75, 3.05) is 26.9 Å². The maximum Gasteiger partial charge on any atom is 0.290 e. The van der Waals surface area contributed by atoms with Crippen LogP contribution in [-0.4, -0.2) is 37.7 Å². The summed E-state index contributed by atoms with van der Waals surface area (Å²) in [6.45, 7) is 3.69. The number of methoxy groups -OCH3 is 1. The van der Waals surface area contributed by atoms with E-state index in [0.29, 0.717) is 26.2 Å². The number of carbonyl (C=O) groups is 1. The topological polar surface area (TPSA) is 69.0 Å². The molecule has 0 aliphatic carbocycles. The van der Waals surface area contributed by atoms with Crippen molar-refractivity contribution in [3.63, 3.8) is 0 Å². The summed E-state index contributed by atoms with van der Waals surface area (Å²) in [5, 5.41) is 0.127. The lowest BCUT2D eigenvalue weighted by Gasteiger charge is -2.25. The van der Waals surface area contributed by atoms with Crippen molar-refractivity contribution in [2.45, 2.75) is 45.1 Å². The standard InChI is InChI=1S/C27H30FNO5/c1-3-4-5-6-16-33-20-11-8-18(9-12-20)24-23-25(30)21-17-19(28)10-13-22(21)34-26(23)27(31)29(24)14-7-15-32-2/h8-13,17,24H,3-7,14-16H2,1-2H3. The van der Waals surface area contributed by atoms with E-state index in [1.807, 2.05) is 24.3 Å². The monoisotopic (exact) mass is 467 g/mol. The van der Waals surface area contributed by atoms with Crippen LogP contribution in [0.4, 0.5) is 4.39 Å². The van der Waals surface area contributed by atoms with Crippen molar-refractivity contribution < 1.29 is 23.1 Å². The highest BCUT2D eigenvalue weighted by Crippen LogP contribution is 2.38. The second-order valence-corrected chi connectivity index (χ2v) is 8.54. The Bertz CT molecular complexity index is 1200. The minimum Gasteiger partial charge on any atom is -0.494 e. The average Bonchev–Trinajstić information content (AvgIpc) is 3.12. The molecule has 2 heterocycles. The van der Waals surface area contributed by atoms with Gasteiger partial charge in [-0.05, 0) is 48.7 Å². The molecule has 0 saturated carbocycles. The zero-order valence-electron chi connectivity index (χ0n) is 19.6. The van der Waals surface area contributed by atoms with Crippen LogP contribution in [0.3, 0.4) is 0 Å². The van der Waals surface area contributed by atoms with Crippen molar-refractivity contribution >= 4 is 16.9 Å². The lowest BCUT2D eigenvalue weighted by Crippen LogP contribution is -2.31. The Morgan fingerprint density at radius 3 is 2.53 bits per heavy atom. The van der Waals surface area contributed by atoms with Gasteiger partial charge < -0.3 is 18.8 Å². The van der Waals surface area contributed by atoms with E-state index >= 15 is 0 Å². The van der Waals surface area contributed by atoms with Crippen molar-refractivity contribution in [1.29, 1.82) is 0 Å². The maximum atomic E-state index is 13.9. The number of nitrogens with zero attached hydrogens (tertiary/aromatic N) is 1. The summed E-state index contributed by atoms with van der Waals surface area (Å²) in [4.78, 5) is 28.3. The van der Waals surface area contributed by atoms with Gasteiger partial charge in [-0.3, -0.25) is 9.59 Å². The van der Waals surface area contributed by atoms with Gasteiger partial charge in [0.25, 0.3) is 5.91 Å². The van der Waals surface area contributed by atoms with Crippen molar-refractivity contribution in [3.05, 3.63) is 75.4 Å². The lowest BCUT2D eigenvalue weighted by atomic mass is 9.98. The first-order valence-electron chi connectivity index (χ1n) is 11.8. The van der Waals surface area contributed by atoms with Crippen LogP contribution < -0.4 is 10.2 Å². The van der Waals surface area contributed by atoms with Gasteiger partial charge in [0.15, 0.2) is 5.43 Å². The number of fused-ring (bicyclic) bond motifs is 2. The Morgan fingerprint density at radius 1 is 1.00 bits per heavy atom. The molecule has 34 heavy (non-hydrogen) atoms. The van der Waals surface area contributed by atoms with Crippen LogP contribution in [0.25, 0.3) is 11.0 Å². The van der Waals surface area contributed by atoms with Crippen molar-refractivity contribution in [3.8, 4) is 5.75 Å². The second kappa shape index (κ2) is 10.8. The summed E-state index contributed by atoms with van der Waals surface area (Å²) in [6.07, 6.45) is 5.10. The van der Waals surface area contributed by atoms with Crippen LogP contribution in [-0.2, 0) is 4.74 Å². The molecule has 180 valence electrons. The highest BCUT2D eigenvalue weighted by atomic mass is 19.1. The third-order valence-electron chi connectivity index (χ3n) is 6.14. The van der Waals surface area contributed by atoms with Crippen LogP contribution in [0, 0.1) is 5.82 Å². The molecule has 0 bridgehead atoms. The molecule has 2 aromatic carbocycles. The quantitative estimate of drug-likeness (QED) is 0.350. The Kier molecular flexibility index (Phi) is 7.63. The number of benzene rings is 2. The molecule has 6 nitrogen and oxygen atoms in total. The predicted octanol–water partition coefficient (Wildman–Crippen LogP) is 5.47. The van der Waals surface area contributed by atoms with E-state index in [2.05, 4.69) is 6.92 Å². The molecule has 1 aliphatic rings. The van der Waals surface area contributed by atoms with Crippen LogP contribution in [0.15, 0.2) is 51.7 Å². The Hall–Kier alpha value is -3.19. The molecule has 1 unspecified atom stereocenters. The van der Waals surface area contributed by atoms with Gasteiger partial charge in [0, 0.05) is 20.3 Å². The maximum absolute atomic E-state index is 13.9. The van der Waals surface area contributed by atoms with E-state index in [0.717, 1.165) is 30.2 Å². The molecule has 1 atom stereocenters. The highest BCUT2D eigenvalue weighted by Gasteiger charge is 2.42. The summed E-state index contributed by atoms with van der Waals surface area (Å²) in [5.41, 5.74) is 0.821. The average molecular weight is 468 g/mol. The van der Waals surface area contributed by atoms with Gasteiger partial charge in [0.2, 0.25) is 5.76 Å². The fourth-order valence-electron chi connectivity index (χ4n) is 4.41. The summed E-state index contributed by atoms with van der Waals surface area (Å²) in [5.74, 6) is -0.125. The molecule has 1 aliphatic heterocycles. The van der Waals surface area contributed by atoms with Gasteiger partial charge >= 0.3 is 0 Å². The van der Waals surface area contributed by atoms with Crippen LogP contribution in [0.1, 0.15) is 66.8 Å². The van der Waals surface area contributed by atoms with E-state index in [-0.39, 0.29) is 33.6 Å². The molecular formula is C27H30FNO5. The fraction of sp³-hybridized carbons (Fsp3) is 0.407. The van der Waals surface area contributed by atoms with Crippen molar-refractivity contribution in [1.82, 2.24) is 4.90 Å². The van der Waals surface area contributed by atoms with E-state index in [1.165, 1.54) is 25.0 Å². The van der Waals surface area contributed by atoms with E-state index in [4.69, 9.17) is 13.9 Å². The molecule has 4 rings (SSSR count). The minimum absolute atomic E-state index is 0.0165. The summed E-state index contributed by atoms with van der Waals surface area (Å²) >= 11 is 0. The molecule has 1 amide bonds.